The van der Waals surface area contributed by atoms with Gasteiger partial charge in [0, 0.05) is 13.1 Å². The van der Waals surface area contributed by atoms with Crippen LogP contribution in [0.5, 0.6) is 0 Å². The molecule has 0 radical (unpaired) electrons. The fourth-order valence-corrected chi connectivity index (χ4v) is 17.4. The van der Waals surface area contributed by atoms with Crippen molar-refractivity contribution in [2.45, 2.75) is 166 Å². The quantitative estimate of drug-likeness (QED) is 0.186. The molecule has 14 nitrogen and oxygen atoms in total. The smallest absolute Gasteiger partial charge is 0.271 e. The summed E-state index contributed by atoms with van der Waals surface area (Å²) in [7, 11) is -4.11. The van der Waals surface area contributed by atoms with Crippen LogP contribution in [0.3, 0.4) is 0 Å². The maximum absolute atomic E-state index is 15.1. The number of carbonyl (C=O) groups is 6. The zero-order valence-corrected chi connectivity index (χ0v) is 39.0. The van der Waals surface area contributed by atoms with Gasteiger partial charge in [-0.15, -0.1) is 6.58 Å². The van der Waals surface area contributed by atoms with E-state index in [2.05, 4.69) is 35.8 Å². The van der Waals surface area contributed by atoms with Gasteiger partial charge in [-0.25, -0.2) is 4.72 Å². The van der Waals surface area contributed by atoms with Crippen LogP contribution in [0, 0.1) is 27.6 Å². The van der Waals surface area contributed by atoms with Crippen molar-refractivity contribution in [3.63, 3.8) is 0 Å². The summed E-state index contributed by atoms with van der Waals surface area (Å²) < 4.78 is 29.5. The van der Waals surface area contributed by atoms with Crippen molar-refractivity contribution in [2.75, 3.05) is 26.2 Å². The second kappa shape index (κ2) is 15.5. The fraction of sp³-hybridized carbons (Fsp3) is 0.814. The SMILES string of the molecule is C=C[C@@H]1C[C@]1(NC(=O)[C@@H]1C[C@@]2(CN1C(=O)[C@@H](NC(=O)CC1([AsH]C(=O)[C@@H]3CCCN3C(C)=O)CCCCC1)C(C)(C)C)C(C)(C)C21CCC1)C(=O)NS(=O)(=O)N1CCCC1. The Morgan fingerprint density at radius 2 is 1.51 bits per heavy atom. The zero-order valence-electron chi connectivity index (χ0n) is 36.0. The van der Waals surface area contributed by atoms with Gasteiger partial charge in [0.2, 0.25) is 0 Å². The van der Waals surface area contributed by atoms with Crippen LogP contribution in [-0.2, 0) is 39.0 Å². The van der Waals surface area contributed by atoms with Crippen LogP contribution in [0.1, 0.15) is 138 Å². The molecule has 59 heavy (non-hydrogen) atoms. The van der Waals surface area contributed by atoms with Gasteiger partial charge in [-0.2, -0.15) is 12.7 Å². The summed E-state index contributed by atoms with van der Waals surface area (Å²) in [5.41, 5.74) is -2.75. The van der Waals surface area contributed by atoms with E-state index in [1.807, 2.05) is 20.8 Å². The molecule has 0 aromatic rings. The second-order valence-corrected chi connectivity index (χ2v) is 26.1. The molecule has 16 heteroatoms. The third-order valence-corrected chi connectivity index (χ3v) is 21.4. The van der Waals surface area contributed by atoms with E-state index < -0.39 is 77.0 Å². The molecule has 0 aromatic carbocycles. The predicted molar refractivity (Wildman–Crippen MR) is 224 cm³/mol. The van der Waals surface area contributed by atoms with Gasteiger partial charge in [-0.1, -0.05) is 6.08 Å². The fourth-order valence-electron chi connectivity index (χ4n) is 12.3. The number of amides is 5. The number of rotatable bonds is 13. The molecule has 4 saturated carbocycles. The summed E-state index contributed by atoms with van der Waals surface area (Å²) in [5, 5.41) is 6.09. The molecule has 7 rings (SSSR count). The minimum atomic E-state index is -4.11. The molecule has 3 aliphatic heterocycles. The van der Waals surface area contributed by atoms with Gasteiger partial charge in [-0.05, 0) is 12.8 Å². The van der Waals surface area contributed by atoms with E-state index in [1.54, 1.807) is 15.9 Å². The van der Waals surface area contributed by atoms with Crippen molar-refractivity contribution in [1.82, 2.24) is 29.5 Å². The van der Waals surface area contributed by atoms with Crippen molar-refractivity contribution < 1.29 is 37.2 Å². The molecule has 0 aromatic heterocycles. The minimum absolute atomic E-state index is 0.0164. The molecular formula is C43H67AsN6O8S. The van der Waals surface area contributed by atoms with Gasteiger partial charge >= 0.3 is 298 Å². The molecule has 7 atom stereocenters. The molecule has 3 saturated heterocycles. The number of carbonyl (C=O) groups excluding carboxylic acids is 6. The van der Waals surface area contributed by atoms with E-state index in [1.165, 1.54) is 11.2 Å². The Bertz CT molecular complexity index is 1880. The van der Waals surface area contributed by atoms with E-state index in [0.717, 1.165) is 57.8 Å². The average Bonchev–Trinajstić information content (AvgIpc) is 3.57. The van der Waals surface area contributed by atoms with Crippen LogP contribution in [0.2, 0.25) is 4.20 Å². The van der Waals surface area contributed by atoms with Crippen LogP contribution in [0.25, 0.3) is 0 Å². The maximum atomic E-state index is 15.1. The van der Waals surface area contributed by atoms with Crippen molar-refractivity contribution >= 4 is 60.1 Å². The number of hydrogen-bond donors (Lipinski definition) is 3. The van der Waals surface area contributed by atoms with Gasteiger partial charge in [-0.3, -0.25) is 4.79 Å². The van der Waals surface area contributed by atoms with Crippen LogP contribution >= 0.6 is 0 Å². The summed E-state index contributed by atoms with van der Waals surface area (Å²) in [4.78, 5) is 87.5. The van der Waals surface area contributed by atoms with Crippen molar-refractivity contribution in [3.8, 4) is 0 Å². The Balaban J connectivity index is 1.12. The number of hydrogen-bond acceptors (Lipinski definition) is 8. The summed E-state index contributed by atoms with van der Waals surface area (Å²) >= 11 is -1.30. The normalized spacial score (nSPS) is 32.5. The van der Waals surface area contributed by atoms with Crippen LogP contribution in [-0.4, -0.2) is 122 Å². The minimum Gasteiger partial charge on any atom is -0.271 e. The van der Waals surface area contributed by atoms with Crippen molar-refractivity contribution in [2.24, 2.45) is 27.6 Å². The topological polar surface area (TPSA) is 182 Å². The molecule has 0 bridgehead atoms. The van der Waals surface area contributed by atoms with Gasteiger partial charge in [0.25, 0.3) is 0 Å². The number of likely N-dealkylation sites (tertiary alicyclic amines) is 2. The van der Waals surface area contributed by atoms with Gasteiger partial charge < -0.3 is 0 Å². The first kappa shape index (κ1) is 44.3. The molecule has 7 fully saturated rings. The Morgan fingerprint density at radius 1 is 0.847 bits per heavy atom. The first-order valence-electron chi connectivity index (χ1n) is 22.1. The van der Waals surface area contributed by atoms with Gasteiger partial charge in [0.15, 0.2) is 0 Å². The Kier molecular flexibility index (Phi) is 11.7. The molecular weight excluding hydrogens is 835 g/mol. The van der Waals surface area contributed by atoms with Crippen LogP contribution < -0.4 is 15.4 Å². The van der Waals surface area contributed by atoms with Gasteiger partial charge in [0.1, 0.15) is 0 Å². The Hall–Kier alpha value is -2.77. The molecule has 1 unspecified atom stereocenters. The van der Waals surface area contributed by atoms with Crippen LogP contribution in [0.4, 0.5) is 0 Å². The first-order valence-corrected chi connectivity index (χ1v) is 25.6. The average molecular weight is 903 g/mol. The molecule has 3 heterocycles. The molecule has 3 N–H and O–H groups in total. The predicted octanol–water partition coefficient (Wildman–Crippen LogP) is 3.32. The Labute approximate surface area is 357 Å². The summed E-state index contributed by atoms with van der Waals surface area (Å²) in [6.45, 7) is 17.1. The summed E-state index contributed by atoms with van der Waals surface area (Å²) in [5.74, 6) is -2.55. The Morgan fingerprint density at radius 3 is 2.05 bits per heavy atom. The summed E-state index contributed by atoms with van der Waals surface area (Å²) in [6.07, 6.45) is 12.7. The molecule has 2 spiro atoms. The molecule has 7 aliphatic rings. The third-order valence-electron chi connectivity index (χ3n) is 16.2. The zero-order chi connectivity index (χ0) is 43.0. The van der Waals surface area contributed by atoms with Crippen LogP contribution in [0.15, 0.2) is 12.7 Å². The third kappa shape index (κ3) is 7.52. The molecule has 328 valence electrons. The number of nitrogens with one attached hydrogen (secondary N) is 3. The van der Waals surface area contributed by atoms with E-state index in [4.69, 9.17) is 0 Å². The van der Waals surface area contributed by atoms with E-state index in [0.29, 0.717) is 51.9 Å². The first-order chi connectivity index (χ1) is 27.6. The van der Waals surface area contributed by atoms with E-state index >= 15 is 4.79 Å². The van der Waals surface area contributed by atoms with E-state index in [9.17, 15) is 32.4 Å². The molecule has 5 amide bonds. The number of fused-ring (bicyclic) bond motifs is 1. The van der Waals surface area contributed by atoms with Crippen molar-refractivity contribution in [1.29, 1.82) is 0 Å². The van der Waals surface area contributed by atoms with Crippen molar-refractivity contribution in [3.05, 3.63) is 12.7 Å². The van der Waals surface area contributed by atoms with Gasteiger partial charge in [0.05, 0.1) is 0 Å². The summed E-state index contributed by atoms with van der Waals surface area (Å²) in [6, 6.07) is -2.34. The monoisotopic (exact) mass is 902 g/mol. The number of nitrogens with zero attached hydrogens (tertiary/aromatic N) is 3. The molecule has 4 aliphatic carbocycles. The second-order valence-electron chi connectivity index (χ2n) is 20.6. The van der Waals surface area contributed by atoms with E-state index in [-0.39, 0.29) is 51.4 Å². The standard InChI is InChI=1S/C43H67AsN6O8S/c1-8-29-24-43(29,37(56)47-59(57,58)48-21-12-13-22-48)46-35(54)31-25-42(39(6,7)41(42)19-15-20-41)27-50(31)36(55)33(38(3,4)5)45-32(52)26-40(17-10-9-11-18-40)44-34(53)30-16-14-23-49(30)28(2)51/h8,29-31,33,44H,1,9-27H2,2-7H3,(H,45,52)(H,46,54)(H,47,56)/t29-,30+,31+,33-,42-,43-/m1/s1.